The van der Waals surface area contributed by atoms with E-state index < -0.39 is 5.97 Å². The van der Waals surface area contributed by atoms with Crippen molar-refractivity contribution in [2.75, 3.05) is 26.8 Å². The summed E-state index contributed by atoms with van der Waals surface area (Å²) in [7, 11) is 1.61. The number of methoxy groups -OCH3 is 1. The van der Waals surface area contributed by atoms with Crippen LogP contribution in [0.5, 0.6) is 0 Å². The second-order valence-electron chi connectivity index (χ2n) is 4.63. The Labute approximate surface area is 117 Å². The molecule has 20 heavy (non-hydrogen) atoms. The predicted octanol–water partition coefficient (Wildman–Crippen LogP) is 1.77. The maximum absolute atomic E-state index is 10.9. The van der Waals surface area contributed by atoms with E-state index in [1.807, 2.05) is 35.2 Å². The highest BCUT2D eigenvalue weighted by Crippen LogP contribution is 2.14. The zero-order chi connectivity index (χ0) is 14.4. The fraction of sp³-hybridized carbons (Fsp3) is 0.333. The summed E-state index contributed by atoms with van der Waals surface area (Å²) >= 11 is 0. The third-order valence-electron chi connectivity index (χ3n) is 3.04. The van der Waals surface area contributed by atoms with Crippen LogP contribution in [0.2, 0.25) is 0 Å². The fourth-order valence-electron chi connectivity index (χ4n) is 2.11. The average Bonchev–Trinajstić information content (AvgIpc) is 2.44. The number of pyridine rings is 1. The zero-order valence-electron chi connectivity index (χ0n) is 11.5. The first-order valence-electron chi connectivity index (χ1n) is 6.46. The van der Waals surface area contributed by atoms with Gasteiger partial charge in [0.1, 0.15) is 0 Å². The molecule has 0 saturated heterocycles. The topological polar surface area (TPSA) is 62.7 Å². The van der Waals surface area contributed by atoms with Gasteiger partial charge in [0.05, 0.1) is 18.7 Å². The van der Waals surface area contributed by atoms with Crippen molar-refractivity contribution in [1.82, 2.24) is 9.88 Å². The molecule has 0 atom stereocenters. The van der Waals surface area contributed by atoms with Crippen molar-refractivity contribution in [2.24, 2.45) is 0 Å². The van der Waals surface area contributed by atoms with Crippen LogP contribution >= 0.6 is 0 Å². The number of aromatic nitrogens is 1. The predicted molar refractivity (Wildman–Crippen MR) is 76.5 cm³/mol. The highest BCUT2D eigenvalue weighted by molar-refractivity contribution is 5.78. The van der Waals surface area contributed by atoms with Gasteiger partial charge in [-0.25, -0.2) is 0 Å². The molecule has 0 unspecified atom stereocenters. The van der Waals surface area contributed by atoms with Gasteiger partial charge in [0.15, 0.2) is 0 Å². The summed E-state index contributed by atoms with van der Waals surface area (Å²) < 4.78 is 5.02. The lowest BCUT2D eigenvalue weighted by Gasteiger charge is -2.20. The average molecular weight is 274 g/mol. The summed E-state index contributed by atoms with van der Waals surface area (Å²) in [6.07, 6.45) is 1.76. The van der Waals surface area contributed by atoms with E-state index in [0.29, 0.717) is 19.7 Å². The van der Waals surface area contributed by atoms with E-state index in [4.69, 9.17) is 9.84 Å². The Morgan fingerprint density at radius 3 is 3.00 bits per heavy atom. The molecule has 0 aliphatic carbocycles. The molecule has 0 fully saturated rings. The van der Waals surface area contributed by atoms with E-state index in [1.54, 1.807) is 13.3 Å². The number of carbonyl (C=O) groups is 1. The molecular formula is C15H18N2O3. The van der Waals surface area contributed by atoms with E-state index in [1.165, 1.54) is 0 Å². The minimum atomic E-state index is -0.830. The van der Waals surface area contributed by atoms with Gasteiger partial charge in [0.2, 0.25) is 0 Å². The Hall–Kier alpha value is -1.98. The van der Waals surface area contributed by atoms with Crippen molar-refractivity contribution in [3.05, 3.63) is 42.1 Å². The van der Waals surface area contributed by atoms with Gasteiger partial charge in [-0.3, -0.25) is 14.7 Å². The van der Waals surface area contributed by atoms with Crippen LogP contribution in [0, 0.1) is 0 Å². The molecule has 2 aromatic rings. The van der Waals surface area contributed by atoms with Gasteiger partial charge in [-0.05, 0) is 23.8 Å². The highest BCUT2D eigenvalue weighted by Gasteiger charge is 2.10. The lowest BCUT2D eigenvalue weighted by Crippen LogP contribution is -2.32. The number of carboxylic acids is 1. The first-order valence-corrected chi connectivity index (χ1v) is 6.46. The molecule has 1 heterocycles. The molecule has 0 saturated carbocycles. The molecule has 5 nitrogen and oxygen atoms in total. The fourth-order valence-corrected chi connectivity index (χ4v) is 2.11. The van der Waals surface area contributed by atoms with Crippen LogP contribution in [0.4, 0.5) is 0 Å². The number of nitrogens with zero attached hydrogens (tertiary/aromatic N) is 2. The smallest absolute Gasteiger partial charge is 0.317 e. The van der Waals surface area contributed by atoms with Crippen LogP contribution in [-0.2, 0) is 16.1 Å². The monoisotopic (exact) mass is 274 g/mol. The number of carboxylic acid groups (broad SMARTS) is 1. The highest BCUT2D eigenvalue weighted by atomic mass is 16.5. The Morgan fingerprint density at radius 2 is 2.25 bits per heavy atom. The van der Waals surface area contributed by atoms with Crippen LogP contribution in [0.1, 0.15) is 5.56 Å². The summed E-state index contributed by atoms with van der Waals surface area (Å²) in [5.41, 5.74) is 2.01. The van der Waals surface area contributed by atoms with Crippen LogP contribution in [0.3, 0.4) is 0 Å². The van der Waals surface area contributed by atoms with Crippen LogP contribution in [-0.4, -0.2) is 47.8 Å². The largest absolute Gasteiger partial charge is 0.480 e. The van der Waals surface area contributed by atoms with Crippen molar-refractivity contribution >= 4 is 16.9 Å². The number of fused-ring (bicyclic) bond motifs is 1. The summed E-state index contributed by atoms with van der Waals surface area (Å²) in [5, 5.41) is 10.0. The Bertz CT molecular complexity index is 586. The quantitative estimate of drug-likeness (QED) is 0.833. The zero-order valence-corrected chi connectivity index (χ0v) is 11.5. The van der Waals surface area contributed by atoms with Gasteiger partial charge >= 0.3 is 5.97 Å². The van der Waals surface area contributed by atoms with Crippen molar-refractivity contribution in [2.45, 2.75) is 6.54 Å². The van der Waals surface area contributed by atoms with Gasteiger partial charge in [-0.15, -0.1) is 0 Å². The van der Waals surface area contributed by atoms with Gasteiger partial charge in [0, 0.05) is 31.8 Å². The molecule has 0 bridgehead atoms. The van der Waals surface area contributed by atoms with Crippen molar-refractivity contribution in [3.63, 3.8) is 0 Å². The molecular weight excluding hydrogens is 256 g/mol. The first kappa shape index (κ1) is 14.4. The standard InChI is InChI=1S/C15H18N2O3/c1-20-8-7-17(11-15(18)19)10-12-4-5-14-13(9-12)3-2-6-16-14/h2-6,9H,7-8,10-11H2,1H3,(H,18,19). The van der Waals surface area contributed by atoms with Crippen LogP contribution in [0.25, 0.3) is 10.9 Å². The van der Waals surface area contributed by atoms with Gasteiger partial charge < -0.3 is 9.84 Å². The molecule has 1 N–H and O–H groups in total. The third-order valence-corrected chi connectivity index (χ3v) is 3.04. The van der Waals surface area contributed by atoms with E-state index >= 15 is 0 Å². The maximum atomic E-state index is 10.9. The molecule has 5 heteroatoms. The van der Waals surface area contributed by atoms with Crippen molar-refractivity contribution in [1.29, 1.82) is 0 Å². The minimum Gasteiger partial charge on any atom is -0.480 e. The van der Waals surface area contributed by atoms with Crippen molar-refractivity contribution in [3.8, 4) is 0 Å². The number of hydrogen-bond acceptors (Lipinski definition) is 4. The first-order chi connectivity index (χ1) is 9.69. The van der Waals surface area contributed by atoms with E-state index in [-0.39, 0.29) is 6.54 Å². The lowest BCUT2D eigenvalue weighted by molar-refractivity contribution is -0.138. The summed E-state index contributed by atoms with van der Waals surface area (Å²) in [4.78, 5) is 17.0. The van der Waals surface area contributed by atoms with E-state index in [0.717, 1.165) is 16.5 Å². The molecule has 0 amide bonds. The van der Waals surface area contributed by atoms with Crippen molar-refractivity contribution < 1.29 is 14.6 Å². The molecule has 0 spiro atoms. The van der Waals surface area contributed by atoms with E-state index in [2.05, 4.69) is 4.98 Å². The van der Waals surface area contributed by atoms with Gasteiger partial charge in [-0.1, -0.05) is 12.1 Å². The Kier molecular flexibility index (Phi) is 5.03. The number of hydrogen-bond donors (Lipinski definition) is 1. The van der Waals surface area contributed by atoms with E-state index in [9.17, 15) is 4.79 Å². The summed E-state index contributed by atoms with van der Waals surface area (Å²) in [6.45, 7) is 1.70. The van der Waals surface area contributed by atoms with Crippen LogP contribution in [0.15, 0.2) is 36.5 Å². The third kappa shape index (κ3) is 4.01. The normalized spacial score (nSPS) is 11.1. The molecule has 1 aromatic heterocycles. The molecule has 0 aliphatic rings. The maximum Gasteiger partial charge on any atom is 0.317 e. The van der Waals surface area contributed by atoms with Gasteiger partial charge in [-0.2, -0.15) is 0 Å². The summed E-state index contributed by atoms with van der Waals surface area (Å²) in [5.74, 6) is -0.830. The second kappa shape index (κ2) is 6.98. The Morgan fingerprint density at radius 1 is 1.40 bits per heavy atom. The number of ether oxygens (including phenoxy) is 1. The SMILES string of the molecule is COCCN(CC(=O)O)Cc1ccc2ncccc2c1. The minimum absolute atomic E-state index is 0.00837. The number of aliphatic carboxylic acids is 1. The molecule has 0 radical (unpaired) electrons. The molecule has 2 rings (SSSR count). The second-order valence-corrected chi connectivity index (χ2v) is 4.63. The number of benzene rings is 1. The Balaban J connectivity index is 2.12. The molecule has 106 valence electrons. The lowest BCUT2D eigenvalue weighted by atomic mass is 10.1. The molecule has 1 aromatic carbocycles. The van der Waals surface area contributed by atoms with Crippen LogP contribution < -0.4 is 0 Å². The van der Waals surface area contributed by atoms with Gasteiger partial charge in [0.25, 0.3) is 0 Å². The summed E-state index contributed by atoms with van der Waals surface area (Å²) in [6, 6.07) is 9.88. The number of rotatable bonds is 7. The molecule has 0 aliphatic heterocycles.